The first-order valence-corrected chi connectivity index (χ1v) is 13.4. The molecule has 2 aliphatic heterocycles. The number of nitrogens with zero attached hydrogens (tertiary/aromatic N) is 3. The smallest absolute Gasteiger partial charge is 0.251 e. The van der Waals surface area contributed by atoms with Crippen LogP contribution in [0.25, 0.3) is 11.1 Å². The molecule has 5 nitrogen and oxygen atoms in total. The number of carbonyl (C=O) groups excluding carboxylic acids is 1. The van der Waals surface area contributed by atoms with Crippen molar-refractivity contribution >= 4 is 46.1 Å². The molecule has 5 rings (SSSR count). The first kappa shape index (κ1) is 24.9. The van der Waals surface area contributed by atoms with E-state index in [0.29, 0.717) is 11.5 Å². The molecule has 1 amide bonds. The molecule has 2 heterocycles. The van der Waals surface area contributed by atoms with Crippen molar-refractivity contribution in [2.24, 2.45) is 0 Å². The number of nitrogens with one attached hydrogen (secondary N) is 1. The Balaban J connectivity index is 1.50. The van der Waals surface area contributed by atoms with Crippen LogP contribution in [-0.4, -0.2) is 54.6 Å². The number of hydrogen-bond donors (Lipinski definition) is 1. The first-order valence-electron chi connectivity index (χ1n) is 12.6. The normalized spacial score (nSPS) is 18.8. The van der Waals surface area contributed by atoms with Crippen LogP contribution in [0.3, 0.4) is 0 Å². The second-order valence-electron chi connectivity index (χ2n) is 9.30. The van der Waals surface area contributed by atoms with Crippen molar-refractivity contribution in [3.05, 3.63) is 83.4 Å². The zero-order chi connectivity index (χ0) is 25.1. The minimum Gasteiger partial charge on any atom is -0.333 e. The summed E-state index contributed by atoms with van der Waals surface area (Å²) < 4.78 is 0. The van der Waals surface area contributed by atoms with Gasteiger partial charge in [-0.05, 0) is 47.4 Å². The van der Waals surface area contributed by atoms with Gasteiger partial charge in [0.15, 0.2) is 0 Å². The van der Waals surface area contributed by atoms with E-state index in [9.17, 15) is 4.79 Å². The summed E-state index contributed by atoms with van der Waals surface area (Å²) in [5.41, 5.74) is 5.23. The molecule has 0 aliphatic carbocycles. The summed E-state index contributed by atoms with van der Waals surface area (Å²) in [4.78, 5) is 21.3. The van der Waals surface area contributed by atoms with Crippen molar-refractivity contribution < 1.29 is 4.79 Å². The molecule has 2 aliphatic rings. The molecule has 3 aromatic carbocycles. The standard InChI is InChI=1S/C29H31ClN4OS/c1-2-17-33-25-5-3-4-6-26(25)34(28(35)27(29(33)36)32-18-15-31-16-19-32)20-21-7-9-22(10-8-21)23-11-13-24(30)14-12-23/h3-14,27,31H,2,15-20H2,1H3. The van der Waals surface area contributed by atoms with Gasteiger partial charge in [0.2, 0.25) is 0 Å². The Morgan fingerprint density at radius 2 is 1.47 bits per heavy atom. The number of anilines is 2. The minimum atomic E-state index is -0.450. The molecule has 0 spiro atoms. The van der Waals surface area contributed by atoms with Crippen LogP contribution in [0.1, 0.15) is 18.9 Å². The fourth-order valence-electron chi connectivity index (χ4n) is 5.06. The fourth-order valence-corrected chi connectivity index (χ4v) is 5.62. The van der Waals surface area contributed by atoms with Crippen LogP contribution in [0.15, 0.2) is 72.8 Å². The van der Waals surface area contributed by atoms with E-state index in [4.69, 9.17) is 23.8 Å². The molecule has 0 saturated carbocycles. The van der Waals surface area contributed by atoms with Crippen molar-refractivity contribution in [3.8, 4) is 11.1 Å². The SMILES string of the molecule is CCCN1C(=S)C(N2CCNCC2)C(=O)N(Cc2ccc(-c3ccc(Cl)cc3)cc2)c2ccccc21. The second-order valence-corrected chi connectivity index (χ2v) is 10.2. The van der Waals surface area contributed by atoms with Crippen LogP contribution in [0.4, 0.5) is 11.4 Å². The van der Waals surface area contributed by atoms with Crippen molar-refractivity contribution in [1.82, 2.24) is 10.2 Å². The predicted octanol–water partition coefficient (Wildman–Crippen LogP) is 5.37. The van der Waals surface area contributed by atoms with E-state index in [-0.39, 0.29) is 5.91 Å². The molecule has 0 bridgehead atoms. The van der Waals surface area contributed by atoms with Crippen molar-refractivity contribution in [2.75, 3.05) is 42.5 Å². The maximum atomic E-state index is 14.2. The Kier molecular flexibility index (Phi) is 7.67. The van der Waals surface area contributed by atoms with Crippen molar-refractivity contribution in [1.29, 1.82) is 0 Å². The number of rotatable bonds is 6. The number of hydrogen-bond acceptors (Lipinski definition) is 4. The molecule has 1 atom stereocenters. The van der Waals surface area contributed by atoms with Gasteiger partial charge in [-0.3, -0.25) is 9.69 Å². The monoisotopic (exact) mass is 518 g/mol. The van der Waals surface area contributed by atoms with E-state index >= 15 is 0 Å². The van der Waals surface area contributed by atoms with Gasteiger partial charge in [-0.1, -0.05) is 79.3 Å². The van der Waals surface area contributed by atoms with Gasteiger partial charge in [-0.15, -0.1) is 0 Å². The van der Waals surface area contributed by atoms with Crippen LogP contribution < -0.4 is 15.1 Å². The van der Waals surface area contributed by atoms with Gasteiger partial charge >= 0.3 is 0 Å². The molecule has 3 aromatic rings. The number of amides is 1. The van der Waals surface area contributed by atoms with E-state index in [1.807, 2.05) is 47.4 Å². The first-order chi connectivity index (χ1) is 17.6. The van der Waals surface area contributed by atoms with Crippen LogP contribution in [0.2, 0.25) is 5.02 Å². The third-order valence-electron chi connectivity index (χ3n) is 6.90. The Bertz CT molecular complexity index is 1220. The van der Waals surface area contributed by atoms with Crippen molar-refractivity contribution in [2.45, 2.75) is 25.9 Å². The summed E-state index contributed by atoms with van der Waals surface area (Å²) in [5.74, 6) is 0.0507. The van der Waals surface area contributed by atoms with Gasteiger partial charge in [0, 0.05) is 37.7 Å². The Labute approximate surface area is 223 Å². The fraction of sp³-hybridized carbons (Fsp3) is 0.310. The zero-order valence-electron chi connectivity index (χ0n) is 20.5. The second kappa shape index (κ2) is 11.1. The highest BCUT2D eigenvalue weighted by atomic mass is 35.5. The maximum Gasteiger partial charge on any atom is 0.251 e. The number of halogens is 1. The van der Waals surface area contributed by atoms with Crippen molar-refractivity contribution in [3.63, 3.8) is 0 Å². The number of piperazine rings is 1. The molecule has 1 N–H and O–H groups in total. The van der Waals surface area contributed by atoms with E-state index in [1.54, 1.807) is 0 Å². The Morgan fingerprint density at radius 3 is 2.08 bits per heavy atom. The van der Waals surface area contributed by atoms with Crippen LogP contribution in [0.5, 0.6) is 0 Å². The molecule has 0 aromatic heterocycles. The maximum absolute atomic E-state index is 14.2. The number of fused-ring (bicyclic) bond motifs is 1. The van der Waals surface area contributed by atoms with E-state index in [1.165, 1.54) is 0 Å². The lowest BCUT2D eigenvalue weighted by atomic mass is 10.0. The van der Waals surface area contributed by atoms with Crippen LogP contribution in [-0.2, 0) is 11.3 Å². The highest BCUT2D eigenvalue weighted by molar-refractivity contribution is 7.80. The summed E-state index contributed by atoms with van der Waals surface area (Å²) >= 11 is 12.1. The van der Waals surface area contributed by atoms with Gasteiger partial charge in [0.1, 0.15) is 11.0 Å². The Hall–Kier alpha value is -2.77. The van der Waals surface area contributed by atoms with Crippen LogP contribution >= 0.6 is 23.8 Å². The Morgan fingerprint density at radius 1 is 0.889 bits per heavy atom. The molecule has 1 fully saturated rings. The minimum absolute atomic E-state index is 0.0507. The topological polar surface area (TPSA) is 38.8 Å². The largest absolute Gasteiger partial charge is 0.333 e. The highest BCUT2D eigenvalue weighted by Gasteiger charge is 2.41. The van der Waals surface area contributed by atoms with Gasteiger partial charge in [0.25, 0.3) is 5.91 Å². The molecule has 36 heavy (non-hydrogen) atoms. The van der Waals surface area contributed by atoms with Gasteiger partial charge in [-0.2, -0.15) is 0 Å². The quantitative estimate of drug-likeness (QED) is 0.444. The predicted molar refractivity (Wildman–Crippen MR) is 153 cm³/mol. The summed E-state index contributed by atoms with van der Waals surface area (Å²) in [5, 5.41) is 4.12. The number of benzene rings is 3. The average molecular weight is 519 g/mol. The summed E-state index contributed by atoms with van der Waals surface area (Å²) in [6.07, 6.45) is 0.948. The lowest BCUT2D eigenvalue weighted by Crippen LogP contribution is -2.59. The molecule has 186 valence electrons. The molecule has 1 unspecified atom stereocenters. The molecule has 1 saturated heterocycles. The van der Waals surface area contributed by atoms with Crippen LogP contribution in [0, 0.1) is 0 Å². The van der Waals surface area contributed by atoms with E-state index in [2.05, 4.69) is 52.4 Å². The molecular formula is C29H31ClN4OS. The third kappa shape index (κ3) is 5.04. The lowest BCUT2D eigenvalue weighted by molar-refractivity contribution is -0.121. The molecule has 7 heteroatoms. The summed E-state index contributed by atoms with van der Waals surface area (Å²) in [6.45, 7) is 6.75. The lowest BCUT2D eigenvalue weighted by Gasteiger charge is -2.37. The number of para-hydroxylation sites is 2. The number of thiocarbonyl (C=S) groups is 1. The highest BCUT2D eigenvalue weighted by Crippen LogP contribution is 2.36. The number of carbonyl (C=O) groups is 1. The molecule has 0 radical (unpaired) electrons. The van der Waals surface area contributed by atoms with E-state index < -0.39 is 6.04 Å². The third-order valence-corrected chi connectivity index (χ3v) is 7.59. The molecular weight excluding hydrogens is 488 g/mol. The average Bonchev–Trinajstić information content (AvgIpc) is 2.99. The zero-order valence-corrected chi connectivity index (χ0v) is 22.1. The van der Waals surface area contributed by atoms with Gasteiger partial charge in [0.05, 0.1) is 17.9 Å². The van der Waals surface area contributed by atoms with Gasteiger partial charge < -0.3 is 15.1 Å². The van der Waals surface area contributed by atoms with Gasteiger partial charge in [-0.25, -0.2) is 0 Å². The summed E-state index contributed by atoms with van der Waals surface area (Å²) in [7, 11) is 0. The van der Waals surface area contributed by atoms with E-state index in [0.717, 1.165) is 72.2 Å². The summed E-state index contributed by atoms with van der Waals surface area (Å²) in [6, 6.07) is 24.0.